The van der Waals surface area contributed by atoms with Crippen molar-refractivity contribution >= 4 is 28.5 Å². The minimum Gasteiger partial charge on any atom is -0.255 e. The molecule has 1 unspecified atom stereocenters. The Morgan fingerprint density at radius 3 is 2.60 bits per heavy atom. The van der Waals surface area contributed by atoms with E-state index in [1.54, 1.807) is 23.9 Å². The predicted molar refractivity (Wildman–Crippen MR) is 83.2 cm³/mol. The largest absolute Gasteiger partial charge is 0.255 e. The Kier molecular flexibility index (Phi) is 3.57. The number of hydrogen-bond acceptors (Lipinski definition) is 2. The molecule has 0 amide bonds. The van der Waals surface area contributed by atoms with E-state index < -0.39 is 0 Å². The lowest BCUT2D eigenvalue weighted by Gasteiger charge is -2.30. The average molecular weight is 306 g/mol. The Bertz CT molecular complexity index is 668. The molecule has 0 saturated carbocycles. The SMILES string of the molecule is CC1(Cc2ccc(F)cc2)N=C(Cl)c2ccccc2S1. The van der Waals surface area contributed by atoms with Gasteiger partial charge in [-0.05, 0) is 30.7 Å². The van der Waals surface area contributed by atoms with Gasteiger partial charge in [-0.1, -0.05) is 53.7 Å². The zero-order chi connectivity index (χ0) is 14.2. The molecular weight excluding hydrogens is 293 g/mol. The lowest BCUT2D eigenvalue weighted by molar-refractivity contribution is 0.624. The molecular formula is C16H13ClFNS. The molecule has 1 aliphatic heterocycles. The van der Waals surface area contributed by atoms with Gasteiger partial charge in [-0.3, -0.25) is 4.99 Å². The molecule has 1 nitrogen and oxygen atoms in total. The van der Waals surface area contributed by atoms with E-state index in [0.29, 0.717) is 11.6 Å². The first-order chi connectivity index (χ1) is 9.56. The van der Waals surface area contributed by atoms with Crippen LogP contribution < -0.4 is 0 Å². The van der Waals surface area contributed by atoms with Crippen LogP contribution in [0.1, 0.15) is 18.1 Å². The molecule has 1 aliphatic rings. The number of aliphatic imine (C=N–C) groups is 1. The summed E-state index contributed by atoms with van der Waals surface area (Å²) in [6.45, 7) is 2.05. The lowest BCUT2D eigenvalue weighted by atomic mass is 10.1. The molecule has 1 atom stereocenters. The van der Waals surface area contributed by atoms with Crippen molar-refractivity contribution < 1.29 is 4.39 Å². The fourth-order valence-electron chi connectivity index (χ4n) is 2.31. The molecule has 0 N–H and O–H groups in total. The Morgan fingerprint density at radius 1 is 1.15 bits per heavy atom. The van der Waals surface area contributed by atoms with E-state index in [9.17, 15) is 4.39 Å². The minimum atomic E-state index is -0.358. The second-order valence-electron chi connectivity index (χ2n) is 4.98. The Balaban J connectivity index is 1.91. The molecule has 0 radical (unpaired) electrons. The number of nitrogens with zero attached hydrogens (tertiary/aromatic N) is 1. The van der Waals surface area contributed by atoms with Gasteiger partial charge in [0.15, 0.2) is 0 Å². The molecule has 0 aromatic heterocycles. The van der Waals surface area contributed by atoms with Gasteiger partial charge in [0, 0.05) is 16.9 Å². The maximum absolute atomic E-state index is 13.0. The van der Waals surface area contributed by atoms with Gasteiger partial charge in [0.2, 0.25) is 0 Å². The number of benzene rings is 2. The predicted octanol–water partition coefficient (Wildman–Crippen LogP) is 4.88. The van der Waals surface area contributed by atoms with Gasteiger partial charge in [0.05, 0.1) is 0 Å². The fraction of sp³-hybridized carbons (Fsp3) is 0.188. The smallest absolute Gasteiger partial charge is 0.133 e. The Labute approximate surface area is 126 Å². The molecule has 0 bridgehead atoms. The molecule has 0 fully saturated rings. The molecule has 3 rings (SSSR count). The number of halogens is 2. The van der Waals surface area contributed by atoms with Crippen molar-refractivity contribution in [3.05, 3.63) is 65.5 Å². The first-order valence-corrected chi connectivity index (χ1v) is 7.53. The highest BCUT2D eigenvalue weighted by molar-refractivity contribution is 8.00. The van der Waals surface area contributed by atoms with Crippen LogP contribution >= 0.6 is 23.4 Å². The standard InChI is InChI=1S/C16H13ClFNS/c1-16(10-11-6-8-12(18)9-7-11)19-15(17)13-4-2-3-5-14(13)20-16/h2-9H,10H2,1H3. The highest BCUT2D eigenvalue weighted by Crippen LogP contribution is 2.43. The van der Waals surface area contributed by atoms with E-state index in [2.05, 4.69) is 18.0 Å². The summed E-state index contributed by atoms with van der Waals surface area (Å²) in [5.74, 6) is -0.220. The van der Waals surface area contributed by atoms with E-state index in [4.69, 9.17) is 11.6 Å². The maximum Gasteiger partial charge on any atom is 0.133 e. The van der Waals surface area contributed by atoms with Crippen LogP contribution in [0, 0.1) is 5.82 Å². The van der Waals surface area contributed by atoms with Gasteiger partial charge in [-0.15, -0.1) is 0 Å². The Morgan fingerprint density at radius 2 is 1.85 bits per heavy atom. The van der Waals surface area contributed by atoms with E-state index in [0.717, 1.165) is 16.0 Å². The summed E-state index contributed by atoms with van der Waals surface area (Å²) in [5, 5.41) is 0.545. The van der Waals surface area contributed by atoms with Crippen LogP contribution in [0.2, 0.25) is 0 Å². The second-order valence-corrected chi connectivity index (χ2v) is 6.86. The lowest BCUT2D eigenvalue weighted by Crippen LogP contribution is -2.25. The number of rotatable bonds is 2. The molecule has 0 saturated heterocycles. The third kappa shape index (κ3) is 2.74. The molecule has 102 valence electrons. The fourth-order valence-corrected chi connectivity index (χ4v) is 4.04. The maximum atomic E-state index is 13.0. The van der Waals surface area contributed by atoms with Crippen molar-refractivity contribution in [3.8, 4) is 0 Å². The third-order valence-corrected chi connectivity index (χ3v) is 4.76. The number of fused-ring (bicyclic) bond motifs is 1. The molecule has 20 heavy (non-hydrogen) atoms. The van der Waals surface area contributed by atoms with Gasteiger partial charge in [-0.2, -0.15) is 0 Å². The normalized spacial score (nSPS) is 21.2. The van der Waals surface area contributed by atoms with Crippen molar-refractivity contribution in [2.75, 3.05) is 0 Å². The average Bonchev–Trinajstić information content (AvgIpc) is 2.41. The summed E-state index contributed by atoms with van der Waals surface area (Å²) in [6, 6.07) is 14.5. The highest BCUT2D eigenvalue weighted by Gasteiger charge is 2.31. The zero-order valence-corrected chi connectivity index (χ0v) is 12.5. The van der Waals surface area contributed by atoms with Crippen LogP contribution in [0.4, 0.5) is 4.39 Å². The summed E-state index contributed by atoms with van der Waals surface area (Å²) in [5.41, 5.74) is 2.03. The summed E-state index contributed by atoms with van der Waals surface area (Å²) < 4.78 is 13.0. The Hall–Kier alpha value is -1.32. The quantitative estimate of drug-likeness (QED) is 0.770. The van der Waals surface area contributed by atoms with Crippen molar-refractivity contribution in [1.29, 1.82) is 0 Å². The zero-order valence-electron chi connectivity index (χ0n) is 10.9. The summed E-state index contributed by atoms with van der Waals surface area (Å²) >= 11 is 8.00. The molecule has 0 spiro atoms. The minimum absolute atomic E-state index is 0.220. The molecule has 4 heteroatoms. The molecule has 2 aromatic carbocycles. The van der Waals surface area contributed by atoms with E-state index >= 15 is 0 Å². The first kappa shape index (κ1) is 13.7. The van der Waals surface area contributed by atoms with Gasteiger partial charge in [-0.25, -0.2) is 4.39 Å². The van der Waals surface area contributed by atoms with Crippen LogP contribution in [0.5, 0.6) is 0 Å². The van der Waals surface area contributed by atoms with Crippen LogP contribution in [-0.2, 0) is 6.42 Å². The third-order valence-electron chi connectivity index (χ3n) is 3.22. The second kappa shape index (κ2) is 5.23. The van der Waals surface area contributed by atoms with Crippen molar-refractivity contribution in [2.24, 2.45) is 4.99 Å². The first-order valence-electron chi connectivity index (χ1n) is 6.34. The number of thioether (sulfide) groups is 1. The van der Waals surface area contributed by atoms with Gasteiger partial charge < -0.3 is 0 Å². The van der Waals surface area contributed by atoms with Gasteiger partial charge in [0.1, 0.15) is 15.9 Å². The highest BCUT2D eigenvalue weighted by atomic mass is 35.5. The summed E-state index contributed by atoms with van der Waals surface area (Å²) in [6.07, 6.45) is 0.711. The summed E-state index contributed by atoms with van der Waals surface area (Å²) in [7, 11) is 0. The molecule has 0 aliphatic carbocycles. The van der Waals surface area contributed by atoms with Crippen molar-refractivity contribution in [1.82, 2.24) is 0 Å². The van der Waals surface area contributed by atoms with E-state index in [1.807, 2.05) is 18.2 Å². The van der Waals surface area contributed by atoms with Gasteiger partial charge in [0.25, 0.3) is 0 Å². The molecule has 1 heterocycles. The summed E-state index contributed by atoms with van der Waals surface area (Å²) in [4.78, 5) is 5.40. The molecule has 2 aromatic rings. The van der Waals surface area contributed by atoms with Crippen LogP contribution in [0.15, 0.2) is 58.4 Å². The van der Waals surface area contributed by atoms with Crippen LogP contribution in [0.25, 0.3) is 0 Å². The van der Waals surface area contributed by atoms with Crippen molar-refractivity contribution in [2.45, 2.75) is 23.1 Å². The van der Waals surface area contributed by atoms with E-state index in [1.165, 1.54) is 12.1 Å². The monoisotopic (exact) mass is 305 g/mol. The number of hydrogen-bond donors (Lipinski definition) is 0. The van der Waals surface area contributed by atoms with E-state index in [-0.39, 0.29) is 10.7 Å². The van der Waals surface area contributed by atoms with Crippen molar-refractivity contribution in [3.63, 3.8) is 0 Å². The topological polar surface area (TPSA) is 12.4 Å². The van der Waals surface area contributed by atoms with Crippen LogP contribution in [-0.4, -0.2) is 10.0 Å². The van der Waals surface area contributed by atoms with Gasteiger partial charge >= 0.3 is 0 Å². The van der Waals surface area contributed by atoms with Crippen LogP contribution in [0.3, 0.4) is 0 Å².